The summed E-state index contributed by atoms with van der Waals surface area (Å²) in [6.07, 6.45) is 1.53. The van der Waals surface area contributed by atoms with E-state index >= 15 is 0 Å². The molecule has 0 aromatic carbocycles. The number of carbonyl (C=O) groups is 1. The number of hydrogen-bond donors (Lipinski definition) is 3. The molecule has 2 unspecified atom stereocenters. The Labute approximate surface area is 111 Å². The molecule has 1 amide bonds. The summed E-state index contributed by atoms with van der Waals surface area (Å²) in [5, 5.41) is 12.2. The van der Waals surface area contributed by atoms with Gasteiger partial charge >= 0.3 is 0 Å². The molecule has 0 rings (SSSR count). The Morgan fingerprint density at radius 3 is 2.35 bits per heavy atom. The highest BCUT2D eigenvalue weighted by Crippen LogP contribution is 2.21. The molecular weight excluding hydrogens is 240 g/mol. The monoisotopic (exact) mass is 266 g/mol. The molecule has 17 heavy (non-hydrogen) atoms. The van der Waals surface area contributed by atoms with Crippen molar-refractivity contribution in [3.63, 3.8) is 0 Å². The molecule has 0 bridgehead atoms. The molecule has 0 aliphatic heterocycles. The van der Waals surface area contributed by atoms with Crippen molar-refractivity contribution < 1.29 is 9.90 Å². The number of carbonyl (C=O) groups excluding carboxylic acids is 1. The van der Waals surface area contributed by atoms with Gasteiger partial charge in [-0.2, -0.15) is 0 Å². The van der Waals surface area contributed by atoms with Crippen molar-refractivity contribution in [2.75, 3.05) is 6.54 Å². The summed E-state index contributed by atoms with van der Waals surface area (Å²) in [5.41, 5.74) is 5.50. The topological polar surface area (TPSA) is 75.4 Å². The van der Waals surface area contributed by atoms with E-state index in [0.717, 1.165) is 0 Å². The minimum Gasteiger partial charge on any atom is -0.393 e. The van der Waals surface area contributed by atoms with Gasteiger partial charge in [-0.05, 0) is 32.1 Å². The zero-order chi connectivity index (χ0) is 12.8. The van der Waals surface area contributed by atoms with Gasteiger partial charge in [0.15, 0.2) is 0 Å². The molecule has 4 nitrogen and oxygen atoms in total. The third-order valence-corrected chi connectivity index (χ3v) is 2.44. The van der Waals surface area contributed by atoms with Crippen LogP contribution in [0.1, 0.15) is 47.0 Å². The molecule has 0 fully saturated rings. The number of nitrogens with one attached hydrogen (secondary N) is 1. The lowest BCUT2D eigenvalue weighted by atomic mass is 9.87. The average molecular weight is 267 g/mol. The Balaban J connectivity index is 0. The maximum absolute atomic E-state index is 11.5. The second kappa shape index (κ2) is 8.72. The lowest BCUT2D eigenvalue weighted by molar-refractivity contribution is -0.121. The zero-order valence-corrected chi connectivity index (χ0v) is 12.1. The van der Waals surface area contributed by atoms with Crippen molar-refractivity contribution in [3.05, 3.63) is 0 Å². The number of aliphatic hydroxyl groups excluding tert-OH is 1. The normalized spacial score (nSPS) is 14.7. The molecular formula is C12H27ClN2O2. The van der Waals surface area contributed by atoms with Crippen LogP contribution in [-0.2, 0) is 4.79 Å². The summed E-state index contributed by atoms with van der Waals surface area (Å²) in [6, 6.07) is 0.0659. The van der Waals surface area contributed by atoms with Crippen molar-refractivity contribution in [2.45, 2.75) is 59.1 Å². The summed E-state index contributed by atoms with van der Waals surface area (Å²) in [5.74, 6) is 0.0379. The van der Waals surface area contributed by atoms with E-state index in [0.29, 0.717) is 25.8 Å². The van der Waals surface area contributed by atoms with Gasteiger partial charge in [-0.15, -0.1) is 12.4 Å². The lowest BCUT2D eigenvalue weighted by Crippen LogP contribution is -2.36. The Kier molecular flexibility index (Phi) is 9.77. The molecule has 0 aliphatic rings. The van der Waals surface area contributed by atoms with Crippen LogP contribution in [0, 0.1) is 5.41 Å². The Bertz CT molecular complexity index is 219. The molecule has 0 heterocycles. The van der Waals surface area contributed by atoms with Gasteiger partial charge in [-0.1, -0.05) is 13.8 Å². The molecule has 4 N–H and O–H groups in total. The van der Waals surface area contributed by atoms with E-state index in [9.17, 15) is 9.90 Å². The third-order valence-electron chi connectivity index (χ3n) is 2.44. The second-order valence-electron chi connectivity index (χ2n) is 5.51. The summed E-state index contributed by atoms with van der Waals surface area (Å²) in [7, 11) is 0. The van der Waals surface area contributed by atoms with E-state index in [1.807, 2.05) is 20.8 Å². The summed E-state index contributed by atoms with van der Waals surface area (Å²) in [6.45, 7) is 8.32. The van der Waals surface area contributed by atoms with Crippen LogP contribution in [0.25, 0.3) is 0 Å². The molecule has 5 heteroatoms. The number of aliphatic hydroxyl groups is 1. The van der Waals surface area contributed by atoms with Gasteiger partial charge in [0.05, 0.1) is 6.10 Å². The van der Waals surface area contributed by atoms with Crippen LogP contribution in [-0.4, -0.2) is 29.7 Å². The Morgan fingerprint density at radius 1 is 1.41 bits per heavy atom. The SMILES string of the molecule is CC(N)CCC(=O)NCC(C)(C)CC(C)O.Cl. The van der Waals surface area contributed by atoms with Crippen LogP contribution < -0.4 is 11.1 Å². The smallest absolute Gasteiger partial charge is 0.220 e. The van der Waals surface area contributed by atoms with Gasteiger partial charge < -0.3 is 16.2 Å². The van der Waals surface area contributed by atoms with Crippen molar-refractivity contribution in [1.82, 2.24) is 5.32 Å². The zero-order valence-electron chi connectivity index (χ0n) is 11.3. The van der Waals surface area contributed by atoms with Crippen LogP contribution in [0.4, 0.5) is 0 Å². The fourth-order valence-corrected chi connectivity index (χ4v) is 1.66. The van der Waals surface area contributed by atoms with E-state index in [1.165, 1.54) is 0 Å². The van der Waals surface area contributed by atoms with Crippen molar-refractivity contribution >= 4 is 18.3 Å². The fraction of sp³-hybridized carbons (Fsp3) is 0.917. The molecule has 0 spiro atoms. The number of amides is 1. The first-order valence-corrected chi connectivity index (χ1v) is 5.93. The first-order valence-electron chi connectivity index (χ1n) is 5.93. The van der Waals surface area contributed by atoms with E-state index in [-0.39, 0.29) is 35.9 Å². The summed E-state index contributed by atoms with van der Waals surface area (Å²) < 4.78 is 0. The Hall–Kier alpha value is -0.320. The number of nitrogens with two attached hydrogens (primary N) is 1. The van der Waals surface area contributed by atoms with Crippen LogP contribution in [0.15, 0.2) is 0 Å². The predicted molar refractivity (Wildman–Crippen MR) is 73.2 cm³/mol. The minimum absolute atomic E-state index is 0. The second-order valence-corrected chi connectivity index (χ2v) is 5.51. The van der Waals surface area contributed by atoms with Gasteiger partial charge in [0.25, 0.3) is 0 Å². The van der Waals surface area contributed by atoms with Crippen molar-refractivity contribution in [2.24, 2.45) is 11.1 Å². The lowest BCUT2D eigenvalue weighted by Gasteiger charge is -2.26. The molecule has 0 aliphatic carbocycles. The summed E-state index contributed by atoms with van der Waals surface area (Å²) >= 11 is 0. The molecule has 2 atom stereocenters. The maximum atomic E-state index is 11.5. The number of rotatable bonds is 7. The fourth-order valence-electron chi connectivity index (χ4n) is 1.66. The highest BCUT2D eigenvalue weighted by molar-refractivity contribution is 5.85. The average Bonchev–Trinajstić information content (AvgIpc) is 2.09. The first kappa shape index (κ1) is 19.0. The van der Waals surface area contributed by atoms with Gasteiger partial charge in [0.2, 0.25) is 5.91 Å². The first-order chi connectivity index (χ1) is 7.23. The predicted octanol–water partition coefficient (Wildman–Crippen LogP) is 1.45. The Morgan fingerprint density at radius 2 is 1.94 bits per heavy atom. The molecule has 0 aromatic heterocycles. The standard InChI is InChI=1S/C12H26N2O2.ClH/c1-9(13)5-6-11(16)14-8-12(3,4)7-10(2)15;/h9-10,15H,5-8,13H2,1-4H3,(H,14,16);1H. The summed E-state index contributed by atoms with van der Waals surface area (Å²) in [4.78, 5) is 11.5. The van der Waals surface area contributed by atoms with Crippen LogP contribution in [0.2, 0.25) is 0 Å². The molecule has 104 valence electrons. The number of halogens is 1. The molecule has 0 saturated carbocycles. The molecule has 0 radical (unpaired) electrons. The van der Waals surface area contributed by atoms with Gasteiger partial charge in [-0.3, -0.25) is 4.79 Å². The van der Waals surface area contributed by atoms with Crippen LogP contribution in [0.3, 0.4) is 0 Å². The largest absolute Gasteiger partial charge is 0.393 e. The van der Waals surface area contributed by atoms with Crippen LogP contribution in [0.5, 0.6) is 0 Å². The third kappa shape index (κ3) is 11.9. The minimum atomic E-state index is -0.337. The van der Waals surface area contributed by atoms with E-state index < -0.39 is 0 Å². The molecule has 0 aromatic rings. The van der Waals surface area contributed by atoms with Crippen molar-refractivity contribution in [3.8, 4) is 0 Å². The quantitative estimate of drug-likeness (QED) is 0.653. The molecule has 0 saturated heterocycles. The van der Waals surface area contributed by atoms with E-state index in [2.05, 4.69) is 5.32 Å². The van der Waals surface area contributed by atoms with Crippen LogP contribution >= 0.6 is 12.4 Å². The van der Waals surface area contributed by atoms with E-state index in [1.54, 1.807) is 6.92 Å². The highest BCUT2D eigenvalue weighted by atomic mass is 35.5. The van der Waals surface area contributed by atoms with Gasteiger partial charge in [0.1, 0.15) is 0 Å². The maximum Gasteiger partial charge on any atom is 0.220 e. The van der Waals surface area contributed by atoms with Gasteiger partial charge in [0, 0.05) is 19.0 Å². The number of hydrogen-bond acceptors (Lipinski definition) is 3. The van der Waals surface area contributed by atoms with E-state index in [4.69, 9.17) is 5.73 Å². The van der Waals surface area contributed by atoms with Gasteiger partial charge in [-0.25, -0.2) is 0 Å². The van der Waals surface area contributed by atoms with Crippen molar-refractivity contribution in [1.29, 1.82) is 0 Å². The highest BCUT2D eigenvalue weighted by Gasteiger charge is 2.20.